The average molecular weight is 293 g/mol. The third kappa shape index (κ3) is 2.33. The van der Waals surface area contributed by atoms with E-state index < -0.39 is 0 Å². The molecule has 1 aliphatic heterocycles. The van der Waals surface area contributed by atoms with Gasteiger partial charge >= 0.3 is 0 Å². The molecule has 3 nitrogen and oxygen atoms in total. The highest BCUT2D eigenvalue weighted by Crippen LogP contribution is 2.37. The fourth-order valence-corrected chi connectivity index (χ4v) is 3.70. The van der Waals surface area contributed by atoms with Gasteiger partial charge < -0.3 is 10.6 Å². The summed E-state index contributed by atoms with van der Waals surface area (Å²) in [6, 6.07) is 5.81. The van der Waals surface area contributed by atoms with Crippen LogP contribution in [0.15, 0.2) is 18.2 Å². The van der Waals surface area contributed by atoms with Crippen molar-refractivity contribution in [2.24, 2.45) is 11.7 Å². The zero-order valence-electron chi connectivity index (χ0n) is 11.9. The summed E-state index contributed by atoms with van der Waals surface area (Å²) in [6.45, 7) is 2.77. The number of hydrogen-bond acceptors (Lipinski definition) is 2. The van der Waals surface area contributed by atoms with E-state index in [0.717, 1.165) is 44.3 Å². The van der Waals surface area contributed by atoms with E-state index in [1.807, 2.05) is 30.0 Å². The molecule has 3 rings (SSSR count). The second-order valence-electron chi connectivity index (χ2n) is 6.32. The highest BCUT2D eigenvalue weighted by atomic mass is 35.5. The van der Waals surface area contributed by atoms with Crippen LogP contribution in [0.4, 0.5) is 5.69 Å². The van der Waals surface area contributed by atoms with E-state index >= 15 is 0 Å². The van der Waals surface area contributed by atoms with Crippen LogP contribution in [0.3, 0.4) is 0 Å². The van der Waals surface area contributed by atoms with Crippen LogP contribution >= 0.6 is 11.6 Å². The summed E-state index contributed by atoms with van der Waals surface area (Å²) in [7, 11) is 0. The summed E-state index contributed by atoms with van der Waals surface area (Å²) in [5.74, 6) is 0.108. The summed E-state index contributed by atoms with van der Waals surface area (Å²) < 4.78 is 0. The maximum absolute atomic E-state index is 12.9. The molecule has 1 aromatic carbocycles. The van der Waals surface area contributed by atoms with E-state index in [-0.39, 0.29) is 17.4 Å². The lowest BCUT2D eigenvalue weighted by molar-refractivity contribution is -0.125. The summed E-state index contributed by atoms with van der Waals surface area (Å²) in [5, 5.41) is 0.683. The average Bonchev–Trinajstić information content (AvgIpc) is 2.80. The normalized spacial score (nSPS) is 29.4. The van der Waals surface area contributed by atoms with Crippen molar-refractivity contribution in [2.45, 2.75) is 44.6 Å². The van der Waals surface area contributed by atoms with Crippen LogP contribution in [0.5, 0.6) is 0 Å². The summed E-state index contributed by atoms with van der Waals surface area (Å²) in [5.41, 5.74) is 8.17. The molecule has 2 atom stereocenters. The number of amides is 1. The predicted molar refractivity (Wildman–Crippen MR) is 82.1 cm³/mol. The lowest BCUT2D eigenvalue weighted by Crippen LogP contribution is -2.53. The van der Waals surface area contributed by atoms with Crippen LogP contribution in [-0.4, -0.2) is 18.0 Å². The molecule has 1 aliphatic carbocycles. The molecule has 1 saturated carbocycles. The van der Waals surface area contributed by atoms with Gasteiger partial charge in [0, 0.05) is 22.8 Å². The number of benzene rings is 1. The molecule has 20 heavy (non-hydrogen) atoms. The molecule has 1 aromatic rings. The SMILES string of the molecule is CC1(N)CCCCC1C(=O)N1CCc2ccc(Cl)cc21. The maximum Gasteiger partial charge on any atom is 0.231 e. The van der Waals surface area contributed by atoms with Gasteiger partial charge in [0.25, 0.3) is 0 Å². The van der Waals surface area contributed by atoms with Crippen molar-refractivity contribution in [3.8, 4) is 0 Å². The molecule has 0 aromatic heterocycles. The van der Waals surface area contributed by atoms with E-state index in [1.165, 1.54) is 5.56 Å². The highest BCUT2D eigenvalue weighted by Gasteiger charge is 2.41. The van der Waals surface area contributed by atoms with Crippen molar-refractivity contribution >= 4 is 23.2 Å². The molecule has 2 N–H and O–H groups in total. The first-order valence-corrected chi connectivity index (χ1v) is 7.75. The van der Waals surface area contributed by atoms with Gasteiger partial charge in [0.2, 0.25) is 5.91 Å². The first-order chi connectivity index (χ1) is 9.49. The van der Waals surface area contributed by atoms with Crippen LogP contribution < -0.4 is 10.6 Å². The Morgan fingerprint density at radius 1 is 1.45 bits per heavy atom. The summed E-state index contributed by atoms with van der Waals surface area (Å²) >= 11 is 6.07. The van der Waals surface area contributed by atoms with E-state index in [1.54, 1.807) is 0 Å². The van der Waals surface area contributed by atoms with E-state index in [0.29, 0.717) is 5.02 Å². The summed E-state index contributed by atoms with van der Waals surface area (Å²) in [6.07, 6.45) is 4.96. The third-order valence-electron chi connectivity index (χ3n) is 4.76. The van der Waals surface area contributed by atoms with Crippen molar-refractivity contribution in [1.82, 2.24) is 0 Å². The van der Waals surface area contributed by atoms with Crippen LogP contribution in [0.1, 0.15) is 38.2 Å². The molecule has 1 fully saturated rings. The number of carbonyl (C=O) groups excluding carboxylic acids is 1. The number of halogens is 1. The smallest absolute Gasteiger partial charge is 0.231 e. The van der Waals surface area contributed by atoms with Gasteiger partial charge in [-0.05, 0) is 43.9 Å². The molecule has 2 unspecified atom stereocenters. The molecule has 1 amide bonds. The highest BCUT2D eigenvalue weighted by molar-refractivity contribution is 6.31. The van der Waals surface area contributed by atoms with Crippen LogP contribution in [-0.2, 0) is 11.2 Å². The molecule has 0 saturated heterocycles. The number of nitrogens with zero attached hydrogens (tertiary/aromatic N) is 1. The first-order valence-electron chi connectivity index (χ1n) is 7.38. The van der Waals surface area contributed by atoms with Crippen LogP contribution in [0.2, 0.25) is 5.02 Å². The number of rotatable bonds is 1. The number of hydrogen-bond donors (Lipinski definition) is 1. The van der Waals surface area contributed by atoms with Crippen molar-refractivity contribution in [2.75, 3.05) is 11.4 Å². The topological polar surface area (TPSA) is 46.3 Å². The largest absolute Gasteiger partial charge is 0.325 e. The minimum atomic E-state index is -0.378. The molecule has 0 spiro atoms. The Labute approximate surface area is 125 Å². The van der Waals surface area contributed by atoms with Gasteiger partial charge in [-0.25, -0.2) is 0 Å². The van der Waals surface area contributed by atoms with Crippen LogP contribution in [0.25, 0.3) is 0 Å². The fraction of sp³-hybridized carbons (Fsp3) is 0.562. The Morgan fingerprint density at radius 3 is 3.00 bits per heavy atom. The quantitative estimate of drug-likeness (QED) is 0.864. The van der Waals surface area contributed by atoms with Gasteiger partial charge in [-0.2, -0.15) is 0 Å². The van der Waals surface area contributed by atoms with Crippen molar-refractivity contribution < 1.29 is 4.79 Å². The van der Waals surface area contributed by atoms with Gasteiger partial charge in [0.1, 0.15) is 0 Å². The number of nitrogens with two attached hydrogens (primary N) is 1. The Hall–Kier alpha value is -1.06. The molecule has 4 heteroatoms. The van der Waals surface area contributed by atoms with Gasteiger partial charge in [-0.15, -0.1) is 0 Å². The number of fused-ring (bicyclic) bond motifs is 1. The molecule has 108 valence electrons. The molecule has 2 aliphatic rings. The molecule has 1 heterocycles. The van der Waals surface area contributed by atoms with Crippen molar-refractivity contribution in [3.63, 3.8) is 0 Å². The minimum Gasteiger partial charge on any atom is -0.325 e. The molecular weight excluding hydrogens is 272 g/mol. The van der Waals surface area contributed by atoms with Crippen LogP contribution in [0, 0.1) is 5.92 Å². The van der Waals surface area contributed by atoms with Crippen molar-refractivity contribution in [1.29, 1.82) is 0 Å². The number of carbonyl (C=O) groups is 1. The standard InChI is InChI=1S/C16H21ClN2O/c1-16(18)8-3-2-4-13(16)15(20)19-9-7-11-5-6-12(17)10-14(11)19/h5-6,10,13H,2-4,7-9,18H2,1H3. The molecular formula is C16H21ClN2O. The zero-order valence-corrected chi connectivity index (χ0v) is 12.6. The monoisotopic (exact) mass is 292 g/mol. The second-order valence-corrected chi connectivity index (χ2v) is 6.75. The zero-order chi connectivity index (χ0) is 14.3. The molecule has 0 radical (unpaired) electrons. The molecule has 0 bridgehead atoms. The second kappa shape index (κ2) is 5.05. The van der Waals surface area contributed by atoms with Gasteiger partial charge in [0.15, 0.2) is 0 Å². The van der Waals surface area contributed by atoms with E-state index in [9.17, 15) is 4.79 Å². The lowest BCUT2D eigenvalue weighted by atomic mass is 9.74. The Morgan fingerprint density at radius 2 is 2.25 bits per heavy atom. The van der Waals surface area contributed by atoms with E-state index in [4.69, 9.17) is 17.3 Å². The maximum atomic E-state index is 12.9. The Balaban J connectivity index is 1.88. The van der Waals surface area contributed by atoms with Gasteiger partial charge in [-0.1, -0.05) is 30.5 Å². The minimum absolute atomic E-state index is 0.0684. The van der Waals surface area contributed by atoms with E-state index in [2.05, 4.69) is 0 Å². The predicted octanol–water partition coefficient (Wildman–Crippen LogP) is 3.14. The number of anilines is 1. The van der Waals surface area contributed by atoms with Gasteiger partial charge in [-0.3, -0.25) is 4.79 Å². The summed E-state index contributed by atoms with van der Waals surface area (Å²) in [4.78, 5) is 14.8. The Kier molecular flexibility index (Phi) is 3.51. The van der Waals surface area contributed by atoms with Crippen molar-refractivity contribution in [3.05, 3.63) is 28.8 Å². The third-order valence-corrected chi connectivity index (χ3v) is 5.00. The first kappa shape index (κ1) is 13.9. The fourth-order valence-electron chi connectivity index (χ4n) is 3.53. The Bertz CT molecular complexity index is 541. The van der Waals surface area contributed by atoms with Gasteiger partial charge in [0.05, 0.1) is 5.92 Å². The lowest BCUT2D eigenvalue weighted by Gasteiger charge is -2.39.